The van der Waals surface area contributed by atoms with E-state index in [0.717, 1.165) is 6.07 Å². The van der Waals surface area contributed by atoms with Gasteiger partial charge in [-0.25, -0.2) is 8.78 Å². The van der Waals surface area contributed by atoms with Crippen LogP contribution in [0.25, 0.3) is 10.9 Å². The second-order valence-electron chi connectivity index (χ2n) is 3.08. The number of alkyl halides is 2. The van der Waals surface area contributed by atoms with E-state index in [1.54, 1.807) is 0 Å². The zero-order valence-corrected chi connectivity index (χ0v) is 8.18. The molecule has 0 aliphatic carbocycles. The molecule has 1 aromatic carbocycles. The maximum absolute atomic E-state index is 12.6. The Labute approximate surface area is 88.5 Å². The third-order valence-electron chi connectivity index (χ3n) is 2.07. The van der Waals surface area contributed by atoms with Crippen molar-refractivity contribution in [1.29, 1.82) is 0 Å². The van der Waals surface area contributed by atoms with E-state index in [4.69, 9.17) is 11.6 Å². The number of nitrogens with one attached hydrogen (secondary N) is 1. The van der Waals surface area contributed by atoms with Gasteiger partial charge in [0.15, 0.2) is 0 Å². The lowest BCUT2D eigenvalue weighted by Gasteiger charge is -2.04. The van der Waals surface area contributed by atoms with Gasteiger partial charge in [0.05, 0.1) is 0 Å². The number of rotatable bonds is 1. The predicted molar refractivity (Wildman–Crippen MR) is 54.5 cm³/mol. The van der Waals surface area contributed by atoms with Crippen LogP contribution in [0.5, 0.6) is 0 Å². The monoisotopic (exact) mass is 229 g/mol. The Balaban J connectivity index is 2.88. The summed E-state index contributed by atoms with van der Waals surface area (Å²) in [4.78, 5) is 13.5. The highest BCUT2D eigenvalue weighted by Gasteiger charge is 2.12. The highest BCUT2D eigenvalue weighted by Crippen LogP contribution is 2.27. The summed E-state index contributed by atoms with van der Waals surface area (Å²) < 4.78 is 25.2. The topological polar surface area (TPSA) is 32.9 Å². The van der Waals surface area contributed by atoms with Crippen molar-refractivity contribution in [2.75, 3.05) is 0 Å². The number of hydrogen-bond donors (Lipinski definition) is 1. The van der Waals surface area contributed by atoms with Gasteiger partial charge in [-0.1, -0.05) is 11.6 Å². The summed E-state index contributed by atoms with van der Waals surface area (Å²) in [6.45, 7) is 0. The zero-order valence-electron chi connectivity index (χ0n) is 7.43. The van der Waals surface area contributed by atoms with Gasteiger partial charge in [0.2, 0.25) is 5.56 Å². The van der Waals surface area contributed by atoms with E-state index < -0.39 is 12.0 Å². The molecule has 0 aliphatic rings. The van der Waals surface area contributed by atoms with Crippen molar-refractivity contribution >= 4 is 22.5 Å². The minimum atomic E-state index is -2.69. The lowest BCUT2D eigenvalue weighted by atomic mass is 10.1. The van der Waals surface area contributed by atoms with Gasteiger partial charge in [0, 0.05) is 27.6 Å². The minimum Gasteiger partial charge on any atom is -0.322 e. The lowest BCUT2D eigenvalue weighted by molar-refractivity contribution is 0.153. The molecule has 5 heteroatoms. The van der Waals surface area contributed by atoms with Gasteiger partial charge in [-0.15, -0.1) is 0 Å². The molecule has 0 aliphatic heterocycles. The smallest absolute Gasteiger partial charge is 0.264 e. The Hall–Kier alpha value is -1.42. The van der Waals surface area contributed by atoms with Crippen LogP contribution in [-0.4, -0.2) is 4.98 Å². The van der Waals surface area contributed by atoms with Gasteiger partial charge in [-0.2, -0.15) is 0 Å². The molecule has 15 heavy (non-hydrogen) atoms. The standard InChI is InChI=1S/C10H6ClF2NO/c11-5-1-2-8-6(3-5)7(10(12)13)4-9(15)14-8/h1-4,10H,(H,14,15). The molecule has 2 nitrogen and oxygen atoms in total. The SMILES string of the molecule is O=c1cc(C(F)F)c2cc(Cl)ccc2[nH]1. The molecular formula is C10H6ClF2NO. The van der Waals surface area contributed by atoms with Crippen molar-refractivity contribution in [3.05, 3.63) is 45.2 Å². The van der Waals surface area contributed by atoms with E-state index in [2.05, 4.69) is 4.98 Å². The number of aromatic amines is 1. The molecule has 78 valence electrons. The molecule has 0 saturated heterocycles. The summed E-state index contributed by atoms with van der Waals surface area (Å²) in [7, 11) is 0. The van der Waals surface area contributed by atoms with Crippen LogP contribution >= 0.6 is 11.6 Å². The van der Waals surface area contributed by atoms with Crippen LogP contribution in [0, 0.1) is 0 Å². The predicted octanol–water partition coefficient (Wildman–Crippen LogP) is 3.12. The lowest BCUT2D eigenvalue weighted by Crippen LogP contribution is -2.06. The van der Waals surface area contributed by atoms with Crippen molar-refractivity contribution < 1.29 is 8.78 Å². The molecular weight excluding hydrogens is 224 g/mol. The summed E-state index contributed by atoms with van der Waals surface area (Å²) in [6.07, 6.45) is -2.69. The van der Waals surface area contributed by atoms with Crippen molar-refractivity contribution in [3.8, 4) is 0 Å². The Morgan fingerprint density at radius 3 is 2.67 bits per heavy atom. The number of hydrogen-bond acceptors (Lipinski definition) is 1. The molecule has 0 amide bonds. The second kappa shape index (κ2) is 3.62. The Morgan fingerprint density at radius 1 is 1.27 bits per heavy atom. The quantitative estimate of drug-likeness (QED) is 0.801. The van der Waals surface area contributed by atoms with Gasteiger partial charge < -0.3 is 4.98 Å². The van der Waals surface area contributed by atoms with E-state index in [1.165, 1.54) is 18.2 Å². The summed E-state index contributed by atoms with van der Waals surface area (Å²) in [6, 6.07) is 5.34. The normalized spacial score (nSPS) is 11.2. The van der Waals surface area contributed by atoms with E-state index in [9.17, 15) is 13.6 Å². The van der Waals surface area contributed by atoms with Crippen LogP contribution in [0.15, 0.2) is 29.1 Å². The minimum absolute atomic E-state index is 0.275. The summed E-state index contributed by atoms with van der Waals surface area (Å²) in [5, 5.41) is 0.633. The van der Waals surface area contributed by atoms with Gasteiger partial charge >= 0.3 is 0 Å². The van der Waals surface area contributed by atoms with E-state index in [-0.39, 0.29) is 10.9 Å². The van der Waals surface area contributed by atoms with Crippen LogP contribution in [-0.2, 0) is 0 Å². The molecule has 2 aromatic rings. The maximum Gasteiger partial charge on any atom is 0.264 e. The van der Waals surface area contributed by atoms with Gasteiger partial charge in [0.25, 0.3) is 6.43 Å². The first kappa shape index (κ1) is 10.1. The number of benzene rings is 1. The third kappa shape index (κ3) is 1.85. The first-order chi connectivity index (χ1) is 7.08. The molecule has 1 heterocycles. The maximum atomic E-state index is 12.6. The molecule has 0 radical (unpaired) electrons. The van der Waals surface area contributed by atoms with Crippen LogP contribution in [0.3, 0.4) is 0 Å². The third-order valence-corrected chi connectivity index (χ3v) is 2.31. The van der Waals surface area contributed by atoms with E-state index >= 15 is 0 Å². The average molecular weight is 230 g/mol. The Kier molecular flexibility index (Phi) is 2.44. The fraction of sp³-hybridized carbons (Fsp3) is 0.100. The summed E-state index contributed by atoms with van der Waals surface area (Å²) >= 11 is 5.70. The van der Waals surface area contributed by atoms with Gasteiger partial charge in [-0.05, 0) is 18.2 Å². The number of H-pyrrole nitrogens is 1. The molecule has 0 bridgehead atoms. The fourth-order valence-electron chi connectivity index (χ4n) is 1.43. The first-order valence-electron chi connectivity index (χ1n) is 4.18. The van der Waals surface area contributed by atoms with Gasteiger partial charge in [0.1, 0.15) is 0 Å². The highest BCUT2D eigenvalue weighted by atomic mass is 35.5. The zero-order chi connectivity index (χ0) is 11.0. The molecule has 1 aromatic heterocycles. The molecule has 1 N–H and O–H groups in total. The Morgan fingerprint density at radius 2 is 2.00 bits per heavy atom. The second-order valence-corrected chi connectivity index (χ2v) is 3.52. The molecule has 0 spiro atoms. The van der Waals surface area contributed by atoms with Crippen LogP contribution in [0.4, 0.5) is 8.78 Å². The molecule has 0 saturated carbocycles. The fourth-order valence-corrected chi connectivity index (χ4v) is 1.60. The van der Waals surface area contributed by atoms with Crippen LogP contribution < -0.4 is 5.56 Å². The summed E-state index contributed by atoms with van der Waals surface area (Å²) in [5.41, 5.74) is -0.474. The van der Waals surface area contributed by atoms with Crippen LogP contribution in [0.1, 0.15) is 12.0 Å². The van der Waals surface area contributed by atoms with Crippen molar-refractivity contribution in [3.63, 3.8) is 0 Å². The van der Waals surface area contributed by atoms with E-state index in [1.807, 2.05) is 0 Å². The van der Waals surface area contributed by atoms with Crippen molar-refractivity contribution in [2.45, 2.75) is 6.43 Å². The summed E-state index contributed by atoms with van der Waals surface area (Å²) in [5.74, 6) is 0. The largest absolute Gasteiger partial charge is 0.322 e. The van der Waals surface area contributed by atoms with E-state index in [0.29, 0.717) is 10.5 Å². The number of pyridine rings is 1. The van der Waals surface area contributed by atoms with Crippen LogP contribution in [0.2, 0.25) is 5.02 Å². The number of halogens is 3. The molecule has 0 unspecified atom stereocenters. The van der Waals surface area contributed by atoms with Crippen molar-refractivity contribution in [1.82, 2.24) is 4.98 Å². The molecule has 2 rings (SSSR count). The van der Waals surface area contributed by atoms with Crippen molar-refractivity contribution in [2.24, 2.45) is 0 Å². The average Bonchev–Trinajstić information content (AvgIpc) is 2.17. The van der Waals surface area contributed by atoms with Gasteiger partial charge in [-0.3, -0.25) is 4.79 Å². The molecule has 0 fully saturated rings. The Bertz CT molecular complexity index is 565. The number of aromatic nitrogens is 1. The highest BCUT2D eigenvalue weighted by molar-refractivity contribution is 6.31. The first-order valence-corrected chi connectivity index (χ1v) is 4.56. The number of fused-ring (bicyclic) bond motifs is 1. The molecule has 0 atom stereocenters.